The van der Waals surface area contributed by atoms with Crippen LogP contribution < -0.4 is 4.18 Å². The van der Waals surface area contributed by atoms with Crippen LogP contribution in [0.15, 0.2) is 71.6 Å². The van der Waals surface area contributed by atoms with Crippen LogP contribution in [0, 0.1) is 5.92 Å². The summed E-state index contributed by atoms with van der Waals surface area (Å²) in [6, 6.07) is 13.8. The van der Waals surface area contributed by atoms with Crippen LogP contribution in [0.1, 0.15) is 35.3 Å². The Bertz CT molecular complexity index is 1340. The minimum Gasteiger partial charge on any atom is -0.379 e. The first-order chi connectivity index (χ1) is 16.7. The Balaban J connectivity index is 1.85. The van der Waals surface area contributed by atoms with Crippen molar-refractivity contribution >= 4 is 39.2 Å². The Morgan fingerprint density at radius 1 is 0.972 bits per heavy atom. The first-order valence-corrected chi connectivity index (χ1v) is 12.9. The lowest BCUT2D eigenvalue weighted by atomic mass is 10.1. The maximum absolute atomic E-state index is 13.2. The Hall–Kier alpha value is -2.75. The molecule has 5 nitrogen and oxygen atoms in total. The smallest absolute Gasteiger partial charge is 0.379 e. The summed E-state index contributed by atoms with van der Waals surface area (Å²) >= 11 is 12.1. The zero-order chi connectivity index (χ0) is 26.7. The van der Waals surface area contributed by atoms with Crippen LogP contribution in [0.25, 0.3) is 0 Å². The summed E-state index contributed by atoms with van der Waals surface area (Å²) in [6.45, 7) is 4.37. The van der Waals surface area contributed by atoms with Crippen LogP contribution in [0.2, 0.25) is 10.0 Å². The largest absolute Gasteiger partial charge is 0.416 e. The minimum absolute atomic E-state index is 0.104. The van der Waals surface area contributed by atoms with Crippen LogP contribution in [0.3, 0.4) is 0 Å². The first kappa shape index (κ1) is 27.8. The second-order valence-electron chi connectivity index (χ2n) is 8.45. The summed E-state index contributed by atoms with van der Waals surface area (Å²) < 4.78 is 69.4. The van der Waals surface area contributed by atoms with Crippen molar-refractivity contribution in [1.82, 2.24) is 4.90 Å². The molecule has 0 saturated heterocycles. The number of nitrogens with zero attached hydrogens (tertiary/aromatic N) is 1. The predicted octanol–water partition coefficient (Wildman–Crippen LogP) is 7.08. The van der Waals surface area contributed by atoms with Gasteiger partial charge in [0, 0.05) is 28.7 Å². The van der Waals surface area contributed by atoms with Crippen LogP contribution in [0.4, 0.5) is 13.2 Å². The second kappa shape index (κ2) is 11.1. The number of hydrogen-bond donors (Lipinski definition) is 0. The Morgan fingerprint density at radius 2 is 1.61 bits per heavy atom. The van der Waals surface area contributed by atoms with Gasteiger partial charge in [-0.05, 0) is 60.0 Å². The first-order valence-electron chi connectivity index (χ1n) is 10.7. The highest BCUT2D eigenvalue weighted by Crippen LogP contribution is 2.31. The van der Waals surface area contributed by atoms with Gasteiger partial charge in [-0.2, -0.15) is 21.6 Å². The van der Waals surface area contributed by atoms with E-state index < -0.39 is 26.8 Å². The van der Waals surface area contributed by atoms with Crippen molar-refractivity contribution in [3.05, 3.63) is 93.5 Å². The van der Waals surface area contributed by atoms with Gasteiger partial charge in [0.2, 0.25) is 0 Å². The SMILES string of the molecule is CC(C)CN(Cc1cccc(OS(=O)(=O)c2cccc(C(F)(F)F)c2)c1)C(=O)c1cc(Cl)cc(Cl)c1. The maximum Gasteiger partial charge on any atom is 0.416 e. The summed E-state index contributed by atoms with van der Waals surface area (Å²) in [5.74, 6) is -0.312. The van der Waals surface area contributed by atoms with Gasteiger partial charge in [-0.15, -0.1) is 0 Å². The highest BCUT2D eigenvalue weighted by atomic mass is 35.5. The molecule has 3 aromatic carbocycles. The topological polar surface area (TPSA) is 63.7 Å². The predicted molar refractivity (Wildman–Crippen MR) is 132 cm³/mol. The summed E-state index contributed by atoms with van der Waals surface area (Å²) in [4.78, 5) is 14.1. The van der Waals surface area contributed by atoms with Gasteiger partial charge in [-0.3, -0.25) is 4.79 Å². The third-order valence-electron chi connectivity index (χ3n) is 4.91. The molecule has 0 fully saturated rings. The molecule has 36 heavy (non-hydrogen) atoms. The van der Waals surface area contributed by atoms with Gasteiger partial charge in [-0.1, -0.05) is 55.2 Å². The molecule has 0 N–H and O–H groups in total. The lowest BCUT2D eigenvalue weighted by Crippen LogP contribution is -2.33. The monoisotopic (exact) mass is 559 g/mol. The van der Waals surface area contributed by atoms with Crippen molar-refractivity contribution < 1.29 is 30.6 Å². The number of benzene rings is 3. The second-order valence-corrected chi connectivity index (χ2v) is 10.9. The van der Waals surface area contributed by atoms with Gasteiger partial charge >= 0.3 is 16.3 Å². The van der Waals surface area contributed by atoms with Crippen LogP contribution >= 0.6 is 23.2 Å². The lowest BCUT2D eigenvalue weighted by molar-refractivity contribution is -0.137. The van der Waals surface area contributed by atoms with Gasteiger partial charge in [0.15, 0.2) is 0 Å². The van der Waals surface area contributed by atoms with E-state index in [9.17, 15) is 26.4 Å². The minimum atomic E-state index is -4.70. The Kier molecular flexibility index (Phi) is 8.59. The molecule has 0 spiro atoms. The average molecular weight is 560 g/mol. The van der Waals surface area contributed by atoms with E-state index in [0.717, 1.165) is 18.2 Å². The average Bonchev–Trinajstić information content (AvgIpc) is 2.76. The molecule has 1 amide bonds. The van der Waals surface area contributed by atoms with Crippen molar-refractivity contribution in [2.75, 3.05) is 6.54 Å². The molecule has 0 aliphatic carbocycles. The van der Waals surface area contributed by atoms with Crippen LogP contribution in [-0.2, 0) is 22.8 Å². The number of carbonyl (C=O) groups is 1. The fraction of sp³-hybridized carbons (Fsp3) is 0.240. The van der Waals surface area contributed by atoms with E-state index in [-0.39, 0.29) is 24.1 Å². The highest BCUT2D eigenvalue weighted by molar-refractivity contribution is 7.87. The number of rotatable bonds is 8. The van der Waals surface area contributed by atoms with Crippen LogP contribution in [0.5, 0.6) is 5.75 Å². The Morgan fingerprint density at radius 3 is 2.22 bits per heavy atom. The molecule has 3 aromatic rings. The van der Waals surface area contributed by atoms with E-state index in [2.05, 4.69) is 0 Å². The van der Waals surface area contributed by atoms with Crippen LogP contribution in [-0.4, -0.2) is 25.8 Å². The van der Waals surface area contributed by atoms with Gasteiger partial charge in [0.1, 0.15) is 10.6 Å². The van der Waals surface area contributed by atoms with E-state index in [1.165, 1.54) is 36.4 Å². The van der Waals surface area contributed by atoms with E-state index in [1.807, 2.05) is 13.8 Å². The number of alkyl halides is 3. The zero-order valence-electron chi connectivity index (χ0n) is 19.2. The quantitative estimate of drug-likeness (QED) is 0.276. The molecule has 0 aromatic heterocycles. The van der Waals surface area contributed by atoms with Crippen molar-refractivity contribution in [1.29, 1.82) is 0 Å². The van der Waals surface area contributed by atoms with Crippen molar-refractivity contribution in [3.8, 4) is 5.75 Å². The fourth-order valence-corrected chi connectivity index (χ4v) is 4.93. The number of carbonyl (C=O) groups excluding carboxylic acids is 1. The molecule has 0 aliphatic rings. The molecular weight excluding hydrogens is 538 g/mol. The molecule has 0 saturated carbocycles. The normalized spacial score (nSPS) is 12.0. The Labute approximate surface area is 217 Å². The molecule has 0 atom stereocenters. The molecule has 0 bridgehead atoms. The maximum atomic E-state index is 13.2. The fourth-order valence-electron chi connectivity index (χ4n) is 3.44. The summed E-state index contributed by atoms with van der Waals surface area (Å²) in [5, 5.41) is 0.621. The molecule has 0 radical (unpaired) electrons. The van der Waals surface area contributed by atoms with E-state index in [1.54, 1.807) is 11.0 Å². The number of halogens is 5. The van der Waals surface area contributed by atoms with Crippen molar-refractivity contribution in [2.24, 2.45) is 5.92 Å². The molecule has 11 heteroatoms. The molecule has 192 valence electrons. The summed E-state index contributed by atoms with van der Waals surface area (Å²) in [7, 11) is -4.54. The van der Waals surface area contributed by atoms with Crippen molar-refractivity contribution in [2.45, 2.75) is 31.5 Å². The van der Waals surface area contributed by atoms with Gasteiger partial charge in [0.25, 0.3) is 5.91 Å². The zero-order valence-corrected chi connectivity index (χ0v) is 21.5. The molecule has 3 rings (SSSR count). The standard InChI is InChI=1S/C25H22Cl2F3NO4S/c1-16(2)14-31(24(32)18-10-20(26)13-21(27)11-18)15-17-5-3-7-22(9-17)35-36(33,34)23-8-4-6-19(12-23)25(28,29)30/h3-13,16H,14-15H2,1-2H3. The van der Waals surface area contributed by atoms with Gasteiger partial charge in [-0.25, -0.2) is 0 Å². The molecule has 0 unspecified atom stereocenters. The third kappa shape index (κ3) is 7.38. The number of hydrogen-bond acceptors (Lipinski definition) is 4. The molecule has 0 heterocycles. The third-order valence-corrected chi connectivity index (χ3v) is 6.59. The van der Waals surface area contributed by atoms with E-state index in [4.69, 9.17) is 27.4 Å². The van der Waals surface area contributed by atoms with Gasteiger partial charge in [0.05, 0.1) is 5.56 Å². The lowest BCUT2D eigenvalue weighted by Gasteiger charge is -2.25. The van der Waals surface area contributed by atoms with Gasteiger partial charge < -0.3 is 9.08 Å². The molecule has 0 aliphatic heterocycles. The van der Waals surface area contributed by atoms with Crippen molar-refractivity contribution in [3.63, 3.8) is 0 Å². The highest BCUT2D eigenvalue weighted by Gasteiger charge is 2.32. The van der Waals surface area contributed by atoms with E-state index >= 15 is 0 Å². The summed E-state index contributed by atoms with van der Waals surface area (Å²) in [6.07, 6.45) is -4.70. The number of amides is 1. The van der Waals surface area contributed by atoms with E-state index in [0.29, 0.717) is 33.8 Å². The molecular formula is C25H22Cl2F3NO4S. The summed E-state index contributed by atoms with van der Waals surface area (Å²) in [5.41, 5.74) is -0.258.